The summed E-state index contributed by atoms with van der Waals surface area (Å²) in [7, 11) is 2.46. The maximum absolute atomic E-state index is 12.0. The van der Waals surface area contributed by atoms with Crippen LogP contribution >= 0.6 is 0 Å². The lowest BCUT2D eigenvalue weighted by atomic mass is 9.98. The number of esters is 2. The zero-order valence-electron chi connectivity index (χ0n) is 35.0. The normalized spacial score (nSPS) is 12.8. The average Bonchev–Trinajstić information content (AvgIpc) is 3.14. The van der Waals surface area contributed by atoms with Crippen molar-refractivity contribution in [1.29, 1.82) is 0 Å². The van der Waals surface area contributed by atoms with E-state index in [2.05, 4.69) is 67.1 Å². The number of hydrogen-bond acceptors (Lipinski definition) is 7. The number of aliphatic hydroxyl groups excluding tert-OH is 2. The molecule has 0 aromatic heterocycles. The molecule has 0 saturated carbocycles. The highest BCUT2D eigenvalue weighted by Crippen LogP contribution is 2.18. The number of hydrogen-bond donors (Lipinski definition) is 2. The summed E-state index contributed by atoms with van der Waals surface area (Å²) in [5, 5.41) is 15.8. The van der Waals surface area contributed by atoms with Crippen LogP contribution in [0.5, 0.6) is 0 Å². The van der Waals surface area contributed by atoms with Crippen LogP contribution in [0.1, 0.15) is 205 Å². The maximum Gasteiger partial charge on any atom is 0.308 e. The Morgan fingerprint density at radius 1 is 0.560 bits per heavy atom. The van der Waals surface area contributed by atoms with E-state index in [1.807, 2.05) is 6.92 Å². The molecule has 50 heavy (non-hydrogen) atoms. The summed E-state index contributed by atoms with van der Waals surface area (Å²) >= 11 is 0. The van der Waals surface area contributed by atoms with Crippen LogP contribution in [-0.2, 0) is 23.9 Å². The van der Waals surface area contributed by atoms with E-state index in [9.17, 15) is 14.4 Å². The summed E-state index contributed by atoms with van der Waals surface area (Å²) < 4.78 is 10.2. The molecular weight excluding hydrogens is 628 g/mol. The molecule has 7 nitrogen and oxygen atoms in total. The minimum Gasteiger partial charge on any atom is -0.469 e. The van der Waals surface area contributed by atoms with Gasteiger partial charge in [-0.2, -0.15) is 0 Å². The van der Waals surface area contributed by atoms with Crippen LogP contribution in [0.4, 0.5) is 0 Å². The second-order valence-corrected chi connectivity index (χ2v) is 13.1. The Morgan fingerprint density at radius 2 is 0.940 bits per heavy atom. The number of aldehydes is 1. The van der Waals surface area contributed by atoms with Crippen molar-refractivity contribution in [3.63, 3.8) is 0 Å². The van der Waals surface area contributed by atoms with Crippen LogP contribution in [0.3, 0.4) is 0 Å². The van der Waals surface area contributed by atoms with Crippen LogP contribution in [0, 0.1) is 29.6 Å². The van der Waals surface area contributed by atoms with Gasteiger partial charge in [-0.3, -0.25) is 9.59 Å². The molecule has 0 amide bonds. The van der Waals surface area contributed by atoms with Gasteiger partial charge in [0.1, 0.15) is 6.29 Å². The van der Waals surface area contributed by atoms with Crippen molar-refractivity contribution in [2.45, 2.75) is 205 Å². The number of carbonyl (C=O) groups excluding carboxylic acids is 3. The first kappa shape index (κ1) is 60.6. The number of aliphatic hydroxyl groups is 2. The Labute approximate surface area is 313 Å². The van der Waals surface area contributed by atoms with Crippen molar-refractivity contribution in [3.05, 3.63) is 0 Å². The SMILES string of the molecule is C.CCCCC(C=O)CC.CCCCC(CC)C(=O)OC.CCCCC(CC)CO.CCCCC(CC)COC(=O)C(CC)CCCC.CO. The lowest BCUT2D eigenvalue weighted by Gasteiger charge is -2.18. The van der Waals surface area contributed by atoms with Gasteiger partial charge in [0.25, 0.3) is 0 Å². The van der Waals surface area contributed by atoms with Gasteiger partial charge in [0.15, 0.2) is 0 Å². The Balaban J connectivity index is -0.000000132. The summed E-state index contributed by atoms with van der Waals surface area (Å²) in [6.07, 6.45) is 23.4. The molecule has 0 aliphatic heterocycles. The third kappa shape index (κ3) is 42.7. The first-order chi connectivity index (χ1) is 23.6. The molecule has 7 heteroatoms. The Hall–Kier alpha value is -1.47. The van der Waals surface area contributed by atoms with Crippen molar-refractivity contribution in [2.75, 3.05) is 27.4 Å². The van der Waals surface area contributed by atoms with Crippen LogP contribution in [0.2, 0.25) is 0 Å². The highest BCUT2D eigenvalue weighted by molar-refractivity contribution is 5.72. The fourth-order valence-electron chi connectivity index (χ4n) is 5.01. The highest BCUT2D eigenvalue weighted by atomic mass is 16.5. The third-order valence-electron chi connectivity index (χ3n) is 9.12. The van der Waals surface area contributed by atoms with Crippen molar-refractivity contribution >= 4 is 18.2 Å². The molecule has 0 aliphatic rings. The summed E-state index contributed by atoms with van der Waals surface area (Å²) in [6.45, 7) is 22.3. The topological polar surface area (TPSA) is 110 Å². The summed E-state index contributed by atoms with van der Waals surface area (Å²) in [6, 6.07) is 0. The highest BCUT2D eigenvalue weighted by Gasteiger charge is 2.19. The smallest absolute Gasteiger partial charge is 0.308 e. The number of carbonyl (C=O) groups is 3. The minimum absolute atomic E-state index is 0. The van der Waals surface area contributed by atoms with Gasteiger partial charge >= 0.3 is 11.9 Å². The average molecular weight is 721 g/mol. The van der Waals surface area contributed by atoms with Crippen molar-refractivity contribution in [3.8, 4) is 0 Å². The van der Waals surface area contributed by atoms with Gasteiger partial charge in [-0.25, -0.2) is 0 Å². The molecule has 2 N–H and O–H groups in total. The van der Waals surface area contributed by atoms with Gasteiger partial charge in [0, 0.05) is 19.6 Å². The number of unbranched alkanes of at least 4 members (excludes halogenated alkanes) is 5. The number of ether oxygens (including phenoxy) is 2. The molecule has 5 atom stereocenters. The fraction of sp³-hybridized carbons (Fsp3) is 0.930. The quantitative estimate of drug-likeness (QED) is 0.0676. The predicted octanol–water partition coefficient (Wildman–Crippen LogP) is 12.2. The standard InChI is InChI=1S/C16H32O2.C9H18O2.C8H18O.C8H16O.CH4O.CH4/c1-5-9-11-14(7-3)13-18-16(17)15(8-4)12-10-6-2;1-4-6-7-8(5-2)9(10)11-3;2*1-3-5-6-8(4-2)7-9;1-2;/h14-15H,5-13H2,1-4H3;8H,4-7H2,1-3H3;8-9H,3-7H2,1-2H3;7-8H,3-6H2,1-2H3;2H,1H3;1H4. The minimum atomic E-state index is -0.0547. The van der Waals surface area contributed by atoms with E-state index in [0.29, 0.717) is 31.0 Å². The van der Waals surface area contributed by atoms with Crippen molar-refractivity contribution in [1.82, 2.24) is 0 Å². The van der Waals surface area contributed by atoms with Gasteiger partial charge in [-0.05, 0) is 63.2 Å². The zero-order valence-corrected chi connectivity index (χ0v) is 35.0. The number of methoxy groups -OCH3 is 1. The molecule has 0 rings (SSSR count). The van der Waals surface area contributed by atoms with Crippen molar-refractivity contribution in [2.24, 2.45) is 29.6 Å². The lowest BCUT2D eigenvalue weighted by molar-refractivity contribution is -0.150. The third-order valence-corrected chi connectivity index (χ3v) is 9.12. The molecule has 306 valence electrons. The first-order valence-corrected chi connectivity index (χ1v) is 20.4. The van der Waals surface area contributed by atoms with Crippen LogP contribution in [-0.4, -0.2) is 55.9 Å². The van der Waals surface area contributed by atoms with E-state index in [0.717, 1.165) is 90.4 Å². The number of rotatable bonds is 26. The predicted molar refractivity (Wildman–Crippen MR) is 218 cm³/mol. The van der Waals surface area contributed by atoms with E-state index in [1.165, 1.54) is 58.5 Å². The molecule has 0 aromatic carbocycles. The maximum atomic E-state index is 12.0. The van der Waals surface area contributed by atoms with E-state index >= 15 is 0 Å². The molecule has 0 aliphatic carbocycles. The van der Waals surface area contributed by atoms with Gasteiger partial charge in [0.05, 0.1) is 25.6 Å². The summed E-state index contributed by atoms with van der Waals surface area (Å²) in [5.41, 5.74) is 0. The Bertz CT molecular complexity index is 637. The summed E-state index contributed by atoms with van der Waals surface area (Å²) in [5.74, 6) is 1.66. The van der Waals surface area contributed by atoms with Gasteiger partial charge in [-0.15, -0.1) is 0 Å². The van der Waals surface area contributed by atoms with Crippen LogP contribution < -0.4 is 0 Å². The van der Waals surface area contributed by atoms with E-state index < -0.39 is 0 Å². The van der Waals surface area contributed by atoms with Crippen LogP contribution in [0.25, 0.3) is 0 Å². The van der Waals surface area contributed by atoms with Crippen molar-refractivity contribution < 1.29 is 34.1 Å². The monoisotopic (exact) mass is 721 g/mol. The van der Waals surface area contributed by atoms with E-state index in [-0.39, 0.29) is 31.2 Å². The molecule has 0 saturated heterocycles. The van der Waals surface area contributed by atoms with Gasteiger partial charge in [-0.1, -0.05) is 154 Å². The molecule has 0 bridgehead atoms. The molecule has 0 heterocycles. The Kier molecular flexibility index (Phi) is 62.9. The fourth-order valence-corrected chi connectivity index (χ4v) is 5.01. The summed E-state index contributed by atoms with van der Waals surface area (Å²) in [4.78, 5) is 33.2. The van der Waals surface area contributed by atoms with E-state index in [1.54, 1.807) is 0 Å². The van der Waals surface area contributed by atoms with Crippen LogP contribution in [0.15, 0.2) is 0 Å². The zero-order chi connectivity index (χ0) is 38.7. The molecule has 0 spiro atoms. The second-order valence-electron chi connectivity index (χ2n) is 13.1. The molecule has 5 unspecified atom stereocenters. The van der Waals surface area contributed by atoms with E-state index in [4.69, 9.17) is 14.9 Å². The van der Waals surface area contributed by atoms with Gasteiger partial charge in [0.2, 0.25) is 0 Å². The molecular formula is C43H92O7. The first-order valence-electron chi connectivity index (χ1n) is 20.4. The largest absolute Gasteiger partial charge is 0.469 e. The van der Waals surface area contributed by atoms with Gasteiger partial charge < -0.3 is 24.5 Å². The molecule has 0 aromatic rings. The lowest BCUT2D eigenvalue weighted by Crippen LogP contribution is -2.21. The Morgan fingerprint density at radius 3 is 1.26 bits per heavy atom. The molecule has 0 fully saturated rings. The second kappa shape index (κ2) is 51.9. The molecule has 0 radical (unpaired) electrons.